The monoisotopic (exact) mass is 265 g/mol. The van der Waals surface area contributed by atoms with Crippen molar-refractivity contribution in [2.75, 3.05) is 18.4 Å². The highest BCUT2D eigenvalue weighted by atomic mass is 35.5. The minimum atomic E-state index is 0. The minimum Gasteiger partial charge on any atom is -0.326 e. The molecule has 1 aliphatic heterocycles. The van der Waals surface area contributed by atoms with Crippen LogP contribution in [0.25, 0.3) is 0 Å². The zero-order valence-electron chi connectivity index (χ0n) is 9.98. The van der Waals surface area contributed by atoms with E-state index in [1.165, 1.54) is 0 Å². The summed E-state index contributed by atoms with van der Waals surface area (Å²) in [6.45, 7) is 1.80. The molecule has 1 aliphatic rings. The summed E-state index contributed by atoms with van der Waals surface area (Å²) >= 11 is 0. The van der Waals surface area contributed by atoms with Crippen LogP contribution in [0, 0.1) is 17.2 Å². The van der Waals surface area contributed by atoms with Crippen molar-refractivity contribution in [3.8, 4) is 6.07 Å². The molecule has 0 atom stereocenters. The van der Waals surface area contributed by atoms with E-state index in [0.717, 1.165) is 25.9 Å². The molecular weight excluding hydrogens is 250 g/mol. The first kappa shape index (κ1) is 14.5. The van der Waals surface area contributed by atoms with E-state index >= 15 is 0 Å². The molecule has 1 aromatic rings. The van der Waals surface area contributed by atoms with E-state index in [1.54, 1.807) is 24.3 Å². The van der Waals surface area contributed by atoms with Gasteiger partial charge in [-0.2, -0.15) is 5.26 Å². The van der Waals surface area contributed by atoms with Crippen LogP contribution in [0.2, 0.25) is 0 Å². The summed E-state index contributed by atoms with van der Waals surface area (Å²) in [5.41, 5.74) is 1.26. The largest absolute Gasteiger partial charge is 0.326 e. The molecule has 4 nitrogen and oxygen atoms in total. The maximum Gasteiger partial charge on any atom is 0.227 e. The van der Waals surface area contributed by atoms with Crippen LogP contribution in [0.1, 0.15) is 18.4 Å². The van der Waals surface area contributed by atoms with Gasteiger partial charge in [0.25, 0.3) is 0 Å². The van der Waals surface area contributed by atoms with Crippen LogP contribution in [-0.4, -0.2) is 19.0 Å². The van der Waals surface area contributed by atoms with Gasteiger partial charge in [0.2, 0.25) is 5.91 Å². The first-order chi connectivity index (χ1) is 8.29. The number of carbonyl (C=O) groups excluding carboxylic acids is 1. The van der Waals surface area contributed by atoms with Crippen LogP contribution in [0.3, 0.4) is 0 Å². The van der Waals surface area contributed by atoms with Gasteiger partial charge in [0.15, 0.2) is 0 Å². The first-order valence-electron chi connectivity index (χ1n) is 5.81. The number of hydrogen-bond donors (Lipinski definition) is 2. The number of nitrogens with one attached hydrogen (secondary N) is 2. The molecular formula is C13H16ClN3O. The molecule has 96 valence electrons. The fourth-order valence-corrected chi connectivity index (χ4v) is 1.99. The Morgan fingerprint density at radius 1 is 1.39 bits per heavy atom. The lowest BCUT2D eigenvalue weighted by Gasteiger charge is -2.21. The second-order valence-corrected chi connectivity index (χ2v) is 4.21. The molecule has 1 saturated heterocycles. The average Bonchev–Trinajstić information content (AvgIpc) is 2.40. The van der Waals surface area contributed by atoms with Gasteiger partial charge in [-0.05, 0) is 44.1 Å². The fourth-order valence-electron chi connectivity index (χ4n) is 1.99. The fraction of sp³-hybridized carbons (Fsp3) is 0.385. The number of nitrogens with zero attached hydrogens (tertiary/aromatic N) is 1. The molecule has 1 aromatic carbocycles. The number of anilines is 1. The quantitative estimate of drug-likeness (QED) is 0.859. The van der Waals surface area contributed by atoms with Gasteiger partial charge in [-0.15, -0.1) is 12.4 Å². The van der Waals surface area contributed by atoms with Crippen molar-refractivity contribution < 1.29 is 4.79 Å². The summed E-state index contributed by atoms with van der Waals surface area (Å²) in [4.78, 5) is 11.9. The van der Waals surface area contributed by atoms with Gasteiger partial charge in [-0.25, -0.2) is 0 Å². The van der Waals surface area contributed by atoms with Gasteiger partial charge in [0.1, 0.15) is 0 Å². The van der Waals surface area contributed by atoms with E-state index in [9.17, 15) is 4.79 Å². The zero-order valence-corrected chi connectivity index (χ0v) is 10.8. The van der Waals surface area contributed by atoms with Gasteiger partial charge >= 0.3 is 0 Å². The number of carbonyl (C=O) groups is 1. The highest BCUT2D eigenvalue weighted by molar-refractivity contribution is 5.92. The van der Waals surface area contributed by atoms with E-state index in [2.05, 4.69) is 16.7 Å². The number of benzene rings is 1. The van der Waals surface area contributed by atoms with Crippen LogP contribution in [0.4, 0.5) is 5.69 Å². The Morgan fingerprint density at radius 3 is 2.78 bits per heavy atom. The summed E-state index contributed by atoms with van der Waals surface area (Å²) in [6.07, 6.45) is 1.76. The van der Waals surface area contributed by atoms with Crippen molar-refractivity contribution in [2.45, 2.75) is 12.8 Å². The number of halogens is 1. The third kappa shape index (κ3) is 3.73. The molecule has 0 aliphatic carbocycles. The molecule has 5 heteroatoms. The summed E-state index contributed by atoms with van der Waals surface area (Å²) in [7, 11) is 0. The second kappa shape index (κ2) is 7.00. The van der Waals surface area contributed by atoms with Crippen molar-refractivity contribution in [3.05, 3.63) is 29.8 Å². The summed E-state index contributed by atoms with van der Waals surface area (Å²) in [5, 5.41) is 14.9. The predicted molar refractivity (Wildman–Crippen MR) is 72.6 cm³/mol. The topological polar surface area (TPSA) is 64.9 Å². The Morgan fingerprint density at radius 2 is 2.11 bits per heavy atom. The number of amides is 1. The summed E-state index contributed by atoms with van der Waals surface area (Å²) in [5.74, 6) is 0.142. The molecule has 18 heavy (non-hydrogen) atoms. The lowest BCUT2D eigenvalue weighted by atomic mass is 9.97. The molecule has 0 aromatic heterocycles. The molecule has 1 fully saturated rings. The zero-order chi connectivity index (χ0) is 12.1. The van der Waals surface area contributed by atoms with Gasteiger partial charge in [-0.1, -0.05) is 6.07 Å². The van der Waals surface area contributed by atoms with Crippen molar-refractivity contribution in [1.82, 2.24) is 5.32 Å². The van der Waals surface area contributed by atoms with E-state index in [-0.39, 0.29) is 24.2 Å². The maximum absolute atomic E-state index is 11.9. The number of rotatable bonds is 2. The standard InChI is InChI=1S/C13H15N3O.ClH/c14-9-10-2-1-3-12(8-10)16-13(17)11-4-6-15-7-5-11;/h1-3,8,11,15H,4-7H2,(H,16,17);1H. The third-order valence-corrected chi connectivity index (χ3v) is 2.97. The normalized spacial score (nSPS) is 15.3. The van der Waals surface area contributed by atoms with E-state index in [0.29, 0.717) is 11.3 Å². The smallest absolute Gasteiger partial charge is 0.227 e. The number of hydrogen-bond acceptors (Lipinski definition) is 3. The maximum atomic E-state index is 11.9. The molecule has 1 heterocycles. The van der Waals surface area contributed by atoms with Crippen molar-refractivity contribution in [1.29, 1.82) is 5.26 Å². The highest BCUT2D eigenvalue weighted by Crippen LogP contribution is 2.16. The van der Waals surface area contributed by atoms with Gasteiger partial charge in [0, 0.05) is 11.6 Å². The molecule has 2 rings (SSSR count). The Hall–Kier alpha value is -1.57. The molecule has 2 N–H and O–H groups in total. The molecule has 1 amide bonds. The van der Waals surface area contributed by atoms with Crippen LogP contribution in [0.5, 0.6) is 0 Å². The Kier molecular flexibility index (Phi) is 5.63. The van der Waals surface area contributed by atoms with Crippen LogP contribution in [0.15, 0.2) is 24.3 Å². The summed E-state index contributed by atoms with van der Waals surface area (Å²) in [6, 6.07) is 9.05. The van der Waals surface area contributed by atoms with Crippen LogP contribution in [-0.2, 0) is 4.79 Å². The van der Waals surface area contributed by atoms with Gasteiger partial charge < -0.3 is 10.6 Å². The number of piperidine rings is 1. The Balaban J connectivity index is 0.00000162. The SMILES string of the molecule is Cl.N#Cc1cccc(NC(=O)C2CCNCC2)c1. The van der Waals surface area contributed by atoms with E-state index in [4.69, 9.17) is 5.26 Å². The third-order valence-electron chi connectivity index (χ3n) is 2.97. The van der Waals surface area contributed by atoms with Gasteiger partial charge in [0.05, 0.1) is 11.6 Å². The second-order valence-electron chi connectivity index (χ2n) is 4.21. The molecule has 0 saturated carbocycles. The number of nitriles is 1. The minimum absolute atomic E-state index is 0. The Bertz CT molecular complexity index is 450. The van der Waals surface area contributed by atoms with Crippen molar-refractivity contribution >= 4 is 24.0 Å². The van der Waals surface area contributed by atoms with Crippen molar-refractivity contribution in [2.24, 2.45) is 5.92 Å². The predicted octanol–water partition coefficient (Wildman–Crippen LogP) is 1.92. The van der Waals surface area contributed by atoms with E-state index in [1.807, 2.05) is 0 Å². The summed E-state index contributed by atoms with van der Waals surface area (Å²) < 4.78 is 0. The van der Waals surface area contributed by atoms with E-state index < -0.39 is 0 Å². The Labute approximate surface area is 113 Å². The molecule has 0 unspecified atom stereocenters. The first-order valence-corrected chi connectivity index (χ1v) is 5.81. The lowest BCUT2D eigenvalue weighted by Crippen LogP contribution is -2.34. The molecule has 0 bridgehead atoms. The van der Waals surface area contributed by atoms with Gasteiger partial charge in [-0.3, -0.25) is 4.79 Å². The van der Waals surface area contributed by atoms with Crippen molar-refractivity contribution in [3.63, 3.8) is 0 Å². The highest BCUT2D eigenvalue weighted by Gasteiger charge is 2.20. The van der Waals surface area contributed by atoms with Crippen LogP contribution < -0.4 is 10.6 Å². The lowest BCUT2D eigenvalue weighted by molar-refractivity contribution is -0.120. The molecule has 0 radical (unpaired) electrons. The van der Waals surface area contributed by atoms with Crippen LogP contribution >= 0.6 is 12.4 Å². The molecule has 0 spiro atoms. The average molecular weight is 266 g/mol.